The van der Waals surface area contributed by atoms with E-state index in [1.54, 1.807) is 0 Å². The van der Waals surface area contributed by atoms with Gasteiger partial charge in [0.2, 0.25) is 0 Å². The summed E-state index contributed by atoms with van der Waals surface area (Å²) >= 11 is 0. The minimum atomic E-state index is -1.56. The van der Waals surface area contributed by atoms with Gasteiger partial charge in [-0.2, -0.15) is 0 Å². The van der Waals surface area contributed by atoms with E-state index in [4.69, 9.17) is 34.0 Å². The molecule has 2 heterocycles. The SMILES string of the molecule is CC(=O)OC[C@H]1OC(O)[C@H](OC(C)=O)[C@@H]1O[C@@H]1C[C@@H](OC(C)=O)[C@H](O)[C@H](CN=[N+]=[N-])O1. The maximum atomic E-state index is 11.4. The van der Waals surface area contributed by atoms with Gasteiger partial charge in [0.25, 0.3) is 0 Å². The van der Waals surface area contributed by atoms with Gasteiger partial charge in [-0.05, 0) is 5.53 Å². The van der Waals surface area contributed by atoms with Gasteiger partial charge in [-0.25, -0.2) is 0 Å². The average molecular weight is 447 g/mol. The molecule has 0 bridgehead atoms. The van der Waals surface area contributed by atoms with E-state index in [1.165, 1.54) is 6.92 Å². The summed E-state index contributed by atoms with van der Waals surface area (Å²) < 4.78 is 31.9. The van der Waals surface area contributed by atoms with E-state index in [1.807, 2.05) is 0 Å². The Bertz CT molecular complexity index is 699. The topological polar surface area (TPSA) is 196 Å². The van der Waals surface area contributed by atoms with Crippen molar-refractivity contribution in [2.45, 2.75) is 76.4 Å². The molecular weight excluding hydrogens is 422 g/mol. The van der Waals surface area contributed by atoms with Crippen molar-refractivity contribution in [3.8, 4) is 0 Å². The van der Waals surface area contributed by atoms with E-state index in [0.29, 0.717) is 0 Å². The molecule has 2 aliphatic rings. The molecule has 2 fully saturated rings. The van der Waals surface area contributed by atoms with E-state index >= 15 is 0 Å². The van der Waals surface area contributed by atoms with Crippen molar-refractivity contribution in [2.75, 3.05) is 13.2 Å². The van der Waals surface area contributed by atoms with E-state index in [2.05, 4.69) is 10.0 Å². The maximum absolute atomic E-state index is 11.4. The zero-order chi connectivity index (χ0) is 23.1. The number of carbonyl (C=O) groups excluding carboxylic acids is 3. The fraction of sp³-hybridized carbons (Fsp3) is 0.824. The second kappa shape index (κ2) is 11.2. The third-order valence-corrected chi connectivity index (χ3v) is 4.50. The summed E-state index contributed by atoms with van der Waals surface area (Å²) in [5, 5.41) is 23.9. The highest BCUT2D eigenvalue weighted by Crippen LogP contribution is 2.31. The van der Waals surface area contributed by atoms with Crippen LogP contribution in [0.25, 0.3) is 10.4 Å². The lowest BCUT2D eigenvalue weighted by Gasteiger charge is -2.39. The summed E-state index contributed by atoms with van der Waals surface area (Å²) in [6.45, 7) is 2.89. The Hall–Kier alpha value is -2.48. The summed E-state index contributed by atoms with van der Waals surface area (Å²) in [5.74, 6) is -1.97. The molecule has 0 aliphatic carbocycles. The van der Waals surface area contributed by atoms with Crippen LogP contribution in [0.1, 0.15) is 27.2 Å². The Morgan fingerprint density at radius 3 is 2.29 bits per heavy atom. The van der Waals surface area contributed by atoms with Gasteiger partial charge >= 0.3 is 17.9 Å². The van der Waals surface area contributed by atoms with Crippen molar-refractivity contribution in [1.82, 2.24) is 0 Å². The second-order valence-electron chi connectivity index (χ2n) is 6.93. The quantitative estimate of drug-likeness (QED) is 0.157. The Morgan fingerprint density at radius 2 is 1.71 bits per heavy atom. The van der Waals surface area contributed by atoms with Crippen LogP contribution in [0.5, 0.6) is 0 Å². The van der Waals surface area contributed by atoms with Crippen LogP contribution in [0, 0.1) is 0 Å². The minimum absolute atomic E-state index is 0.118. The fourth-order valence-electron chi connectivity index (χ4n) is 3.28. The number of carbonyl (C=O) groups is 3. The maximum Gasteiger partial charge on any atom is 0.303 e. The fourth-order valence-corrected chi connectivity index (χ4v) is 3.28. The van der Waals surface area contributed by atoms with Crippen LogP contribution in [0.15, 0.2) is 5.11 Å². The van der Waals surface area contributed by atoms with E-state index < -0.39 is 67.1 Å². The van der Waals surface area contributed by atoms with E-state index in [-0.39, 0.29) is 19.6 Å². The summed E-state index contributed by atoms with van der Waals surface area (Å²) in [4.78, 5) is 36.6. The van der Waals surface area contributed by atoms with Crippen LogP contribution < -0.4 is 0 Å². The number of ether oxygens (including phenoxy) is 6. The Balaban J connectivity index is 2.20. The number of hydrogen-bond acceptors (Lipinski definition) is 12. The van der Waals surface area contributed by atoms with Crippen LogP contribution in [-0.2, 0) is 42.8 Å². The Labute approximate surface area is 176 Å². The minimum Gasteiger partial charge on any atom is -0.463 e. The predicted octanol–water partition coefficient (Wildman–Crippen LogP) is -0.698. The van der Waals surface area contributed by atoms with Crippen molar-refractivity contribution < 1.29 is 53.0 Å². The number of rotatable bonds is 8. The van der Waals surface area contributed by atoms with Crippen molar-refractivity contribution in [2.24, 2.45) is 5.11 Å². The molecule has 0 aromatic heterocycles. The van der Waals surface area contributed by atoms with Crippen molar-refractivity contribution >= 4 is 17.9 Å². The number of hydrogen-bond donors (Lipinski definition) is 2. The molecule has 174 valence electrons. The van der Waals surface area contributed by atoms with Gasteiger partial charge in [-0.3, -0.25) is 14.4 Å². The molecule has 0 spiro atoms. The molecule has 31 heavy (non-hydrogen) atoms. The van der Waals surface area contributed by atoms with Gasteiger partial charge in [0, 0.05) is 32.1 Å². The third-order valence-electron chi connectivity index (χ3n) is 4.50. The van der Waals surface area contributed by atoms with Gasteiger partial charge in [-0.15, -0.1) is 0 Å². The third kappa shape index (κ3) is 7.02. The lowest BCUT2D eigenvalue weighted by molar-refractivity contribution is -0.275. The summed E-state index contributed by atoms with van der Waals surface area (Å²) in [5.41, 5.74) is 8.55. The van der Waals surface area contributed by atoms with Crippen molar-refractivity contribution in [3.05, 3.63) is 10.4 Å². The standard InChI is InChI=1S/C17H25N3O11/c1-7(21)26-6-12-15(16(17(25)30-12)28-9(3)23)31-13-4-10(27-8(2)22)14(24)11(29-13)5-19-20-18/h10-17,24-25H,4-6H2,1-3H3/t10-,11+,12-,13-,14+,15-,16-,17?/m1/s1. The van der Waals surface area contributed by atoms with Crippen LogP contribution in [0.2, 0.25) is 0 Å². The lowest BCUT2D eigenvalue weighted by Crippen LogP contribution is -2.53. The molecule has 1 unspecified atom stereocenters. The summed E-state index contributed by atoms with van der Waals surface area (Å²) in [6, 6.07) is 0. The molecule has 2 rings (SSSR count). The first-order chi connectivity index (χ1) is 14.6. The first-order valence-corrected chi connectivity index (χ1v) is 9.43. The Kier molecular flexibility index (Phi) is 8.98. The molecular formula is C17H25N3O11. The molecule has 2 N–H and O–H groups in total. The lowest BCUT2D eigenvalue weighted by atomic mass is 10.0. The zero-order valence-electron chi connectivity index (χ0n) is 17.2. The second-order valence-corrected chi connectivity index (χ2v) is 6.93. The first-order valence-electron chi connectivity index (χ1n) is 9.43. The van der Waals surface area contributed by atoms with E-state index in [9.17, 15) is 24.6 Å². The molecule has 0 radical (unpaired) electrons. The van der Waals surface area contributed by atoms with Gasteiger partial charge < -0.3 is 38.6 Å². The number of aliphatic hydroxyl groups excluding tert-OH is 2. The summed E-state index contributed by atoms with van der Waals surface area (Å²) in [7, 11) is 0. The number of aliphatic hydroxyl groups is 2. The largest absolute Gasteiger partial charge is 0.463 e. The highest BCUT2D eigenvalue weighted by molar-refractivity contribution is 5.67. The normalized spacial score (nSPS) is 35.0. The Morgan fingerprint density at radius 1 is 1.03 bits per heavy atom. The monoisotopic (exact) mass is 447 g/mol. The van der Waals surface area contributed by atoms with Gasteiger partial charge in [-0.1, -0.05) is 5.11 Å². The van der Waals surface area contributed by atoms with Crippen LogP contribution in [0.3, 0.4) is 0 Å². The molecule has 14 heteroatoms. The molecule has 8 atom stereocenters. The molecule has 2 saturated heterocycles. The molecule has 0 aromatic rings. The van der Waals surface area contributed by atoms with Gasteiger partial charge in [0.1, 0.15) is 31.0 Å². The average Bonchev–Trinajstić information content (AvgIpc) is 2.95. The van der Waals surface area contributed by atoms with Crippen molar-refractivity contribution in [1.29, 1.82) is 0 Å². The highest BCUT2D eigenvalue weighted by atomic mass is 16.7. The van der Waals surface area contributed by atoms with E-state index in [0.717, 1.165) is 13.8 Å². The molecule has 0 amide bonds. The number of nitrogens with zero attached hydrogens (tertiary/aromatic N) is 3. The van der Waals surface area contributed by atoms with Gasteiger partial charge in [0.05, 0.1) is 12.6 Å². The van der Waals surface area contributed by atoms with Crippen LogP contribution in [-0.4, -0.2) is 90.5 Å². The molecule has 14 nitrogen and oxygen atoms in total. The first kappa shape index (κ1) is 24.8. The van der Waals surface area contributed by atoms with Crippen molar-refractivity contribution in [3.63, 3.8) is 0 Å². The number of azide groups is 1. The van der Waals surface area contributed by atoms with Gasteiger partial charge in [0.15, 0.2) is 18.7 Å². The highest BCUT2D eigenvalue weighted by Gasteiger charge is 2.50. The predicted molar refractivity (Wildman–Crippen MR) is 96.8 cm³/mol. The molecule has 0 saturated carbocycles. The molecule has 0 aromatic carbocycles. The summed E-state index contributed by atoms with van der Waals surface area (Å²) in [6.07, 6.45) is -9.62. The zero-order valence-corrected chi connectivity index (χ0v) is 17.2. The smallest absolute Gasteiger partial charge is 0.303 e. The van der Waals surface area contributed by atoms with Crippen LogP contribution in [0.4, 0.5) is 0 Å². The van der Waals surface area contributed by atoms with Crippen LogP contribution >= 0.6 is 0 Å². The number of esters is 3. The molecule has 2 aliphatic heterocycles.